The van der Waals surface area contributed by atoms with Gasteiger partial charge in [0.1, 0.15) is 5.82 Å². The first kappa shape index (κ1) is 12.5. The SMILES string of the molecule is CCc1nc(CC)n(-c2nccc3[nH]c(=O)ccc23)n1. The lowest BCUT2D eigenvalue weighted by atomic mass is 10.2. The molecule has 0 aliphatic heterocycles. The molecule has 0 fully saturated rings. The van der Waals surface area contributed by atoms with E-state index >= 15 is 0 Å². The molecular formula is C14H15N5O. The van der Waals surface area contributed by atoms with Gasteiger partial charge in [0.05, 0.1) is 5.52 Å². The van der Waals surface area contributed by atoms with Crippen LogP contribution in [0.3, 0.4) is 0 Å². The van der Waals surface area contributed by atoms with Crippen LogP contribution in [0, 0.1) is 0 Å². The molecule has 6 heteroatoms. The van der Waals surface area contributed by atoms with Crippen LogP contribution < -0.4 is 5.56 Å². The number of nitrogens with zero attached hydrogens (tertiary/aromatic N) is 4. The van der Waals surface area contributed by atoms with E-state index in [-0.39, 0.29) is 5.56 Å². The lowest BCUT2D eigenvalue weighted by molar-refractivity contribution is 0.775. The van der Waals surface area contributed by atoms with E-state index in [0.29, 0.717) is 5.82 Å². The molecule has 0 atom stereocenters. The number of aromatic nitrogens is 5. The fourth-order valence-corrected chi connectivity index (χ4v) is 2.18. The van der Waals surface area contributed by atoms with Gasteiger partial charge in [-0.15, -0.1) is 5.10 Å². The van der Waals surface area contributed by atoms with Crippen molar-refractivity contribution >= 4 is 10.9 Å². The third kappa shape index (κ3) is 1.99. The van der Waals surface area contributed by atoms with Crippen LogP contribution in [0.15, 0.2) is 29.2 Å². The highest BCUT2D eigenvalue weighted by Gasteiger charge is 2.13. The molecule has 0 spiro atoms. The van der Waals surface area contributed by atoms with Gasteiger partial charge in [-0.1, -0.05) is 13.8 Å². The zero-order valence-electron chi connectivity index (χ0n) is 11.4. The second-order valence-electron chi connectivity index (χ2n) is 4.48. The summed E-state index contributed by atoms with van der Waals surface area (Å²) in [6.45, 7) is 4.06. The first-order chi connectivity index (χ1) is 9.72. The summed E-state index contributed by atoms with van der Waals surface area (Å²) in [7, 11) is 0. The Balaban J connectivity index is 2.29. The first-order valence-electron chi connectivity index (χ1n) is 6.66. The quantitative estimate of drug-likeness (QED) is 0.784. The topological polar surface area (TPSA) is 76.5 Å². The Morgan fingerprint density at radius 1 is 1.20 bits per heavy atom. The minimum Gasteiger partial charge on any atom is -0.322 e. The summed E-state index contributed by atoms with van der Waals surface area (Å²) in [6, 6.07) is 5.05. The summed E-state index contributed by atoms with van der Waals surface area (Å²) in [4.78, 5) is 23.1. The minimum atomic E-state index is -0.127. The largest absolute Gasteiger partial charge is 0.322 e. The third-order valence-corrected chi connectivity index (χ3v) is 3.18. The molecule has 3 heterocycles. The predicted molar refractivity (Wildman–Crippen MR) is 76.0 cm³/mol. The fraction of sp³-hybridized carbons (Fsp3) is 0.286. The molecule has 0 aromatic carbocycles. The molecule has 20 heavy (non-hydrogen) atoms. The van der Waals surface area contributed by atoms with Crippen LogP contribution in [0.2, 0.25) is 0 Å². The summed E-state index contributed by atoms with van der Waals surface area (Å²) in [5.41, 5.74) is 0.622. The molecule has 6 nitrogen and oxygen atoms in total. The van der Waals surface area contributed by atoms with Crippen molar-refractivity contribution in [1.82, 2.24) is 24.7 Å². The van der Waals surface area contributed by atoms with Crippen LogP contribution in [0.4, 0.5) is 0 Å². The summed E-state index contributed by atoms with van der Waals surface area (Å²) in [6.07, 6.45) is 3.22. The summed E-state index contributed by atoms with van der Waals surface area (Å²) < 4.78 is 1.76. The number of pyridine rings is 2. The smallest absolute Gasteiger partial charge is 0.248 e. The Kier molecular flexibility index (Phi) is 3.06. The molecular weight excluding hydrogens is 254 g/mol. The zero-order valence-corrected chi connectivity index (χ0v) is 11.4. The van der Waals surface area contributed by atoms with Gasteiger partial charge in [0.2, 0.25) is 5.56 Å². The number of fused-ring (bicyclic) bond motifs is 1. The fourth-order valence-electron chi connectivity index (χ4n) is 2.18. The molecule has 3 aromatic heterocycles. The van der Waals surface area contributed by atoms with Crippen molar-refractivity contribution in [1.29, 1.82) is 0 Å². The highest BCUT2D eigenvalue weighted by atomic mass is 16.1. The Morgan fingerprint density at radius 2 is 2.05 bits per heavy atom. The second kappa shape index (κ2) is 4.88. The van der Waals surface area contributed by atoms with Crippen LogP contribution in [0.1, 0.15) is 25.5 Å². The lowest BCUT2D eigenvalue weighted by Crippen LogP contribution is -2.08. The van der Waals surface area contributed by atoms with Gasteiger partial charge >= 0.3 is 0 Å². The van der Waals surface area contributed by atoms with Crippen molar-refractivity contribution in [2.75, 3.05) is 0 Å². The van der Waals surface area contributed by atoms with E-state index in [4.69, 9.17) is 0 Å². The van der Waals surface area contributed by atoms with Crippen molar-refractivity contribution in [3.8, 4) is 5.82 Å². The van der Waals surface area contributed by atoms with Crippen LogP contribution in [-0.2, 0) is 12.8 Å². The van der Waals surface area contributed by atoms with Crippen LogP contribution in [0.5, 0.6) is 0 Å². The molecule has 0 radical (unpaired) electrons. The molecule has 0 aliphatic rings. The molecule has 3 aromatic rings. The predicted octanol–water partition coefficient (Wildman–Crippen LogP) is 1.63. The maximum absolute atomic E-state index is 11.4. The van der Waals surface area contributed by atoms with Gasteiger partial charge in [-0.3, -0.25) is 4.79 Å². The molecule has 102 valence electrons. The van der Waals surface area contributed by atoms with Crippen LogP contribution in [0.25, 0.3) is 16.7 Å². The summed E-state index contributed by atoms with van der Waals surface area (Å²) >= 11 is 0. The van der Waals surface area contributed by atoms with E-state index in [0.717, 1.165) is 35.4 Å². The summed E-state index contributed by atoms with van der Waals surface area (Å²) in [5, 5.41) is 5.35. The average Bonchev–Trinajstić information content (AvgIpc) is 2.89. The van der Waals surface area contributed by atoms with Crippen molar-refractivity contribution < 1.29 is 0 Å². The number of hydrogen-bond acceptors (Lipinski definition) is 4. The number of aryl methyl sites for hydroxylation is 2. The van der Waals surface area contributed by atoms with Crippen molar-refractivity contribution in [3.05, 3.63) is 46.4 Å². The van der Waals surface area contributed by atoms with E-state index in [2.05, 4.69) is 20.1 Å². The van der Waals surface area contributed by atoms with Gasteiger partial charge in [0, 0.05) is 30.5 Å². The lowest BCUT2D eigenvalue weighted by Gasteiger charge is -2.06. The highest BCUT2D eigenvalue weighted by molar-refractivity contribution is 5.84. The van der Waals surface area contributed by atoms with E-state index in [9.17, 15) is 4.79 Å². The number of hydrogen-bond donors (Lipinski definition) is 1. The van der Waals surface area contributed by atoms with Gasteiger partial charge in [-0.2, -0.15) is 4.68 Å². The third-order valence-electron chi connectivity index (χ3n) is 3.18. The monoisotopic (exact) mass is 269 g/mol. The highest BCUT2D eigenvalue weighted by Crippen LogP contribution is 2.18. The first-order valence-corrected chi connectivity index (χ1v) is 6.66. The van der Waals surface area contributed by atoms with Crippen molar-refractivity contribution in [2.24, 2.45) is 0 Å². The normalized spacial score (nSPS) is 11.1. The number of H-pyrrole nitrogens is 1. The number of nitrogens with one attached hydrogen (secondary N) is 1. The van der Waals surface area contributed by atoms with Crippen LogP contribution >= 0.6 is 0 Å². The number of rotatable bonds is 3. The number of aromatic amines is 1. The summed E-state index contributed by atoms with van der Waals surface area (Å²) in [5.74, 6) is 2.36. The maximum Gasteiger partial charge on any atom is 0.248 e. The molecule has 1 N–H and O–H groups in total. The van der Waals surface area contributed by atoms with E-state index in [1.54, 1.807) is 23.0 Å². The standard InChI is InChI=1S/C14H15N5O/c1-3-11-17-12(4-2)19(18-11)14-9-5-6-13(20)16-10(9)7-8-15-14/h5-8H,3-4H2,1-2H3,(H,16,20). The van der Waals surface area contributed by atoms with Crippen molar-refractivity contribution in [2.45, 2.75) is 26.7 Å². The van der Waals surface area contributed by atoms with Gasteiger partial charge in [0.15, 0.2) is 11.6 Å². The molecule has 3 rings (SSSR count). The maximum atomic E-state index is 11.4. The molecule has 0 aliphatic carbocycles. The van der Waals surface area contributed by atoms with Gasteiger partial charge < -0.3 is 4.98 Å². The van der Waals surface area contributed by atoms with Crippen LogP contribution in [-0.4, -0.2) is 24.7 Å². The van der Waals surface area contributed by atoms with E-state index in [1.807, 2.05) is 13.8 Å². The van der Waals surface area contributed by atoms with Gasteiger partial charge in [-0.05, 0) is 12.1 Å². The average molecular weight is 269 g/mol. The molecule has 0 unspecified atom stereocenters. The second-order valence-corrected chi connectivity index (χ2v) is 4.48. The Labute approximate surface area is 115 Å². The van der Waals surface area contributed by atoms with Gasteiger partial charge in [-0.25, -0.2) is 9.97 Å². The van der Waals surface area contributed by atoms with E-state index in [1.165, 1.54) is 6.07 Å². The van der Waals surface area contributed by atoms with E-state index < -0.39 is 0 Å². The molecule has 0 amide bonds. The Morgan fingerprint density at radius 3 is 2.80 bits per heavy atom. The van der Waals surface area contributed by atoms with Gasteiger partial charge in [0.25, 0.3) is 0 Å². The zero-order chi connectivity index (χ0) is 14.1. The molecule has 0 saturated carbocycles. The van der Waals surface area contributed by atoms with Crippen molar-refractivity contribution in [3.63, 3.8) is 0 Å². The Bertz CT molecular complexity index is 818. The Hall–Kier alpha value is -2.50. The molecule has 0 bridgehead atoms. The minimum absolute atomic E-state index is 0.127. The molecule has 0 saturated heterocycles.